The van der Waals surface area contributed by atoms with Crippen molar-refractivity contribution in [3.8, 4) is 0 Å². The van der Waals surface area contributed by atoms with E-state index >= 15 is 0 Å². The van der Waals surface area contributed by atoms with Crippen molar-refractivity contribution in [2.75, 3.05) is 24.3 Å². The van der Waals surface area contributed by atoms with E-state index in [4.69, 9.17) is 15.9 Å². The van der Waals surface area contributed by atoms with Crippen LogP contribution in [-0.4, -0.2) is 37.4 Å². The molecule has 1 aromatic carbocycles. The summed E-state index contributed by atoms with van der Waals surface area (Å²) < 4.78 is 5.96. The molecule has 4 nitrogen and oxygen atoms in total. The number of hydrogen-bond acceptors (Lipinski definition) is 4. The molecule has 114 valence electrons. The Balaban J connectivity index is 2.00. The van der Waals surface area contributed by atoms with E-state index in [1.165, 1.54) is 19.3 Å². The second kappa shape index (κ2) is 6.28. The Hall–Kier alpha value is -1.20. The summed E-state index contributed by atoms with van der Waals surface area (Å²) in [6.45, 7) is 1.65. The predicted molar refractivity (Wildman–Crippen MR) is 88.6 cm³/mol. The summed E-state index contributed by atoms with van der Waals surface area (Å²) in [4.78, 5) is 3.52. The summed E-state index contributed by atoms with van der Waals surface area (Å²) >= 11 is 1.65. The predicted octanol–water partition coefficient (Wildman–Crippen LogP) is 2.84. The number of hydrogen-bond donors (Lipinski definition) is 2. The molecule has 1 saturated heterocycles. The topological polar surface area (TPSA) is 62.3 Å². The van der Waals surface area contributed by atoms with Crippen molar-refractivity contribution >= 4 is 23.3 Å². The summed E-state index contributed by atoms with van der Waals surface area (Å²) in [5.41, 5.74) is 7.87. The molecule has 0 bridgehead atoms. The fourth-order valence-electron chi connectivity index (χ4n) is 3.60. The maximum atomic E-state index is 7.98. The van der Waals surface area contributed by atoms with Gasteiger partial charge in [0.05, 0.1) is 24.3 Å². The molecule has 1 aliphatic heterocycles. The van der Waals surface area contributed by atoms with E-state index in [-0.39, 0.29) is 5.84 Å². The van der Waals surface area contributed by atoms with Crippen molar-refractivity contribution in [1.82, 2.24) is 0 Å². The van der Waals surface area contributed by atoms with Gasteiger partial charge in [0.15, 0.2) is 0 Å². The SMILES string of the molecule is CSc1cccc(N2CCOC3CCCCC32)c1C(=N)N. The van der Waals surface area contributed by atoms with Gasteiger partial charge in [0.1, 0.15) is 5.84 Å². The summed E-state index contributed by atoms with van der Waals surface area (Å²) in [5.74, 6) is 0.161. The fourth-order valence-corrected chi connectivity index (χ4v) is 4.23. The maximum Gasteiger partial charge on any atom is 0.126 e. The zero-order valence-electron chi connectivity index (χ0n) is 12.5. The van der Waals surface area contributed by atoms with Crippen LogP contribution in [-0.2, 0) is 4.74 Å². The molecular formula is C16H23N3OS. The fraction of sp³-hybridized carbons (Fsp3) is 0.562. The average molecular weight is 305 g/mol. The third-order valence-corrected chi connectivity index (χ3v) is 5.32. The highest BCUT2D eigenvalue weighted by Gasteiger charge is 2.35. The van der Waals surface area contributed by atoms with Gasteiger partial charge >= 0.3 is 0 Å². The van der Waals surface area contributed by atoms with Crippen LogP contribution in [0.3, 0.4) is 0 Å². The minimum Gasteiger partial charge on any atom is -0.384 e. The highest BCUT2D eigenvalue weighted by atomic mass is 32.2. The number of ether oxygens (including phenoxy) is 1. The number of nitrogens with zero attached hydrogens (tertiary/aromatic N) is 1. The van der Waals surface area contributed by atoms with Gasteiger partial charge in [0.2, 0.25) is 0 Å². The molecule has 1 aromatic rings. The van der Waals surface area contributed by atoms with Gasteiger partial charge in [0.25, 0.3) is 0 Å². The zero-order chi connectivity index (χ0) is 14.8. The molecule has 2 atom stereocenters. The number of rotatable bonds is 3. The van der Waals surface area contributed by atoms with Gasteiger partial charge in [-0.15, -0.1) is 11.8 Å². The standard InChI is InChI=1S/C16H23N3OS/c1-21-14-8-4-6-12(15(14)16(17)18)19-9-10-20-13-7-3-2-5-11(13)19/h4,6,8,11,13H,2-3,5,7,9-10H2,1H3,(H3,17,18). The molecule has 0 spiro atoms. The van der Waals surface area contributed by atoms with Crippen LogP contribution in [0.2, 0.25) is 0 Å². The maximum absolute atomic E-state index is 7.98. The van der Waals surface area contributed by atoms with Crippen molar-refractivity contribution in [2.45, 2.75) is 42.7 Å². The molecule has 1 heterocycles. The Labute approximate surface area is 130 Å². The van der Waals surface area contributed by atoms with E-state index in [0.29, 0.717) is 12.1 Å². The van der Waals surface area contributed by atoms with Gasteiger partial charge in [-0.1, -0.05) is 18.9 Å². The number of thioether (sulfide) groups is 1. The summed E-state index contributed by atoms with van der Waals surface area (Å²) in [7, 11) is 0. The Bertz CT molecular complexity index is 532. The quantitative estimate of drug-likeness (QED) is 0.512. The van der Waals surface area contributed by atoms with Crippen LogP contribution < -0.4 is 10.6 Å². The van der Waals surface area contributed by atoms with E-state index in [0.717, 1.165) is 35.7 Å². The summed E-state index contributed by atoms with van der Waals surface area (Å²) in [6.07, 6.45) is 7.22. The zero-order valence-corrected chi connectivity index (χ0v) is 13.3. The molecule has 3 rings (SSSR count). The van der Waals surface area contributed by atoms with E-state index < -0.39 is 0 Å². The molecule has 2 aliphatic rings. The number of anilines is 1. The summed E-state index contributed by atoms with van der Waals surface area (Å²) in [6, 6.07) is 6.65. The van der Waals surface area contributed by atoms with Gasteiger partial charge in [-0.2, -0.15) is 0 Å². The van der Waals surface area contributed by atoms with Crippen molar-refractivity contribution in [1.29, 1.82) is 5.41 Å². The highest BCUT2D eigenvalue weighted by Crippen LogP contribution is 2.36. The van der Waals surface area contributed by atoms with Gasteiger partial charge in [-0.05, 0) is 31.2 Å². The first-order valence-corrected chi connectivity index (χ1v) is 8.84. The first kappa shape index (κ1) is 14.7. The molecule has 2 fully saturated rings. The lowest BCUT2D eigenvalue weighted by Crippen LogP contribution is -2.53. The number of nitrogens with two attached hydrogens (primary N) is 1. The number of morpholine rings is 1. The van der Waals surface area contributed by atoms with Crippen LogP contribution in [0.4, 0.5) is 5.69 Å². The van der Waals surface area contributed by atoms with Crippen LogP contribution >= 0.6 is 11.8 Å². The largest absolute Gasteiger partial charge is 0.384 e. The molecular weight excluding hydrogens is 282 g/mol. The van der Waals surface area contributed by atoms with E-state index in [1.54, 1.807) is 11.8 Å². The Kier molecular flexibility index (Phi) is 4.40. The lowest BCUT2D eigenvalue weighted by molar-refractivity contribution is -0.00870. The van der Waals surface area contributed by atoms with E-state index in [2.05, 4.69) is 17.0 Å². The van der Waals surface area contributed by atoms with Crippen molar-refractivity contribution in [3.05, 3.63) is 23.8 Å². The van der Waals surface area contributed by atoms with Gasteiger partial charge in [-0.3, -0.25) is 5.41 Å². The Morgan fingerprint density at radius 3 is 2.95 bits per heavy atom. The molecule has 1 aliphatic carbocycles. The van der Waals surface area contributed by atoms with Crippen molar-refractivity contribution < 1.29 is 4.74 Å². The molecule has 1 saturated carbocycles. The third-order valence-electron chi connectivity index (χ3n) is 4.54. The lowest BCUT2D eigenvalue weighted by Gasteiger charge is -2.45. The smallest absolute Gasteiger partial charge is 0.126 e. The van der Waals surface area contributed by atoms with Crippen LogP contribution in [0, 0.1) is 5.41 Å². The highest BCUT2D eigenvalue weighted by molar-refractivity contribution is 7.98. The molecule has 3 N–H and O–H groups in total. The van der Waals surface area contributed by atoms with Crippen LogP contribution in [0.5, 0.6) is 0 Å². The molecule has 2 unspecified atom stereocenters. The molecule has 0 radical (unpaired) electrons. The second-order valence-corrected chi connectivity index (χ2v) is 6.57. The molecule has 0 aromatic heterocycles. The number of nitrogen functional groups attached to an aromatic ring is 1. The van der Waals surface area contributed by atoms with E-state index in [1.807, 2.05) is 12.3 Å². The average Bonchev–Trinajstić information content (AvgIpc) is 2.53. The lowest BCUT2D eigenvalue weighted by atomic mass is 9.89. The Morgan fingerprint density at radius 2 is 2.19 bits per heavy atom. The number of benzene rings is 1. The van der Waals surface area contributed by atoms with Crippen LogP contribution in [0.25, 0.3) is 0 Å². The second-order valence-electron chi connectivity index (χ2n) is 5.72. The minimum absolute atomic E-state index is 0.161. The van der Waals surface area contributed by atoms with Crippen molar-refractivity contribution in [2.24, 2.45) is 5.73 Å². The van der Waals surface area contributed by atoms with Crippen LogP contribution in [0.15, 0.2) is 23.1 Å². The first-order chi connectivity index (χ1) is 10.2. The normalized spacial score (nSPS) is 25.5. The van der Waals surface area contributed by atoms with Crippen LogP contribution in [0.1, 0.15) is 31.2 Å². The number of amidine groups is 1. The monoisotopic (exact) mass is 305 g/mol. The van der Waals surface area contributed by atoms with Gasteiger partial charge in [0, 0.05) is 17.1 Å². The Morgan fingerprint density at radius 1 is 1.38 bits per heavy atom. The molecule has 0 amide bonds. The molecule has 21 heavy (non-hydrogen) atoms. The van der Waals surface area contributed by atoms with Gasteiger partial charge in [-0.25, -0.2) is 0 Å². The number of nitrogens with one attached hydrogen (secondary N) is 1. The summed E-state index contributed by atoms with van der Waals surface area (Å²) in [5, 5.41) is 7.98. The number of fused-ring (bicyclic) bond motifs is 1. The van der Waals surface area contributed by atoms with E-state index in [9.17, 15) is 0 Å². The van der Waals surface area contributed by atoms with Crippen molar-refractivity contribution in [3.63, 3.8) is 0 Å². The van der Waals surface area contributed by atoms with Gasteiger partial charge < -0.3 is 15.4 Å². The first-order valence-electron chi connectivity index (χ1n) is 7.62. The molecule has 5 heteroatoms. The third kappa shape index (κ3) is 2.77. The minimum atomic E-state index is 0.161.